The van der Waals surface area contributed by atoms with E-state index in [1.54, 1.807) is 0 Å². The van der Waals surface area contributed by atoms with Gasteiger partial charge < -0.3 is 8.83 Å². The number of hydrogen-bond acceptors (Lipinski definition) is 6. The molecule has 8 aromatic carbocycles. The quantitative estimate of drug-likeness (QED) is 0.168. The van der Waals surface area contributed by atoms with Gasteiger partial charge in [0.05, 0.1) is 0 Å². The Labute approximate surface area is 339 Å². The molecule has 59 heavy (non-hydrogen) atoms. The van der Waals surface area contributed by atoms with Gasteiger partial charge in [0.15, 0.2) is 23.1 Å². The molecule has 0 saturated carbocycles. The van der Waals surface area contributed by atoms with Crippen LogP contribution < -0.4 is 0 Å². The highest BCUT2D eigenvalue weighted by Crippen LogP contribution is 2.55. The van der Waals surface area contributed by atoms with Gasteiger partial charge in [-0.2, -0.15) is 0 Å². The lowest BCUT2D eigenvalue weighted by Gasteiger charge is -2.32. The molecule has 1 aliphatic rings. The van der Waals surface area contributed by atoms with Crippen LogP contribution in [0.1, 0.15) is 22.5 Å². The van der Waals surface area contributed by atoms with Crippen molar-refractivity contribution in [3.8, 4) is 56.5 Å². The van der Waals surface area contributed by atoms with Crippen molar-refractivity contribution in [1.29, 1.82) is 0 Å². The molecule has 276 valence electrons. The Bertz CT molecular complexity index is 3350. The van der Waals surface area contributed by atoms with E-state index in [2.05, 4.69) is 115 Å². The fourth-order valence-corrected chi connectivity index (χ4v) is 9.05. The molecule has 3 aromatic heterocycles. The molecule has 11 aromatic rings. The van der Waals surface area contributed by atoms with Gasteiger partial charge in [-0.15, -0.1) is 0 Å². The van der Waals surface area contributed by atoms with Crippen LogP contribution in [0.2, 0.25) is 0 Å². The van der Waals surface area contributed by atoms with E-state index in [9.17, 15) is 0 Å². The number of para-hydroxylation sites is 1. The van der Waals surface area contributed by atoms with Gasteiger partial charge in [-0.3, -0.25) is 0 Å². The first-order valence-electron chi connectivity index (χ1n) is 19.7. The minimum Gasteiger partial charge on any atom is -0.456 e. The second-order valence-electron chi connectivity index (χ2n) is 14.9. The van der Waals surface area contributed by atoms with Crippen molar-refractivity contribution >= 4 is 33.0 Å². The summed E-state index contributed by atoms with van der Waals surface area (Å²) in [5.41, 5.74) is 12.6. The third-order valence-corrected chi connectivity index (χ3v) is 11.6. The van der Waals surface area contributed by atoms with Gasteiger partial charge in [0, 0.05) is 33.0 Å². The molecule has 12 rings (SSSR count). The summed E-state index contributed by atoms with van der Waals surface area (Å²) in [4.78, 5) is 21.3. The highest BCUT2D eigenvalue weighted by molar-refractivity contribution is 6.13. The first-order valence-corrected chi connectivity index (χ1v) is 19.7. The van der Waals surface area contributed by atoms with E-state index in [4.69, 9.17) is 28.8 Å². The fraction of sp³-hybridized carbons (Fsp3) is 0.0189. The Morgan fingerprint density at radius 2 is 0.966 bits per heavy atom. The number of rotatable bonds is 6. The summed E-state index contributed by atoms with van der Waals surface area (Å²) in [5, 5.41) is 1.88. The smallest absolute Gasteiger partial charge is 0.227 e. The molecule has 0 fully saturated rings. The molecule has 0 amide bonds. The van der Waals surface area contributed by atoms with Crippen LogP contribution in [0.4, 0.5) is 0 Å². The molecule has 0 aliphatic heterocycles. The van der Waals surface area contributed by atoms with Gasteiger partial charge in [0.25, 0.3) is 0 Å². The van der Waals surface area contributed by atoms with Gasteiger partial charge in [0.1, 0.15) is 22.1 Å². The van der Waals surface area contributed by atoms with Crippen molar-refractivity contribution in [2.45, 2.75) is 5.41 Å². The molecule has 0 unspecified atom stereocenters. The Morgan fingerprint density at radius 1 is 0.373 bits per heavy atom. The average molecular weight is 757 g/mol. The van der Waals surface area contributed by atoms with Gasteiger partial charge >= 0.3 is 0 Å². The molecule has 0 atom stereocenters. The minimum atomic E-state index is -0.815. The van der Waals surface area contributed by atoms with Crippen LogP contribution in [-0.2, 0) is 5.41 Å². The van der Waals surface area contributed by atoms with Crippen LogP contribution in [-0.4, -0.2) is 19.9 Å². The zero-order chi connectivity index (χ0) is 38.9. The van der Waals surface area contributed by atoms with E-state index in [1.807, 2.05) is 78.9 Å². The summed E-state index contributed by atoms with van der Waals surface area (Å²) in [5.74, 6) is 2.41. The zero-order valence-electron chi connectivity index (χ0n) is 31.6. The molecule has 0 radical (unpaired) electrons. The zero-order valence-corrected chi connectivity index (χ0v) is 31.6. The van der Waals surface area contributed by atoms with Crippen molar-refractivity contribution in [1.82, 2.24) is 19.9 Å². The summed E-state index contributed by atoms with van der Waals surface area (Å²) in [6.45, 7) is 0. The highest BCUT2D eigenvalue weighted by Gasteiger charge is 2.48. The maximum absolute atomic E-state index is 6.58. The molecular formula is C53H32N4O2. The largest absolute Gasteiger partial charge is 0.456 e. The van der Waals surface area contributed by atoms with Gasteiger partial charge in [0.2, 0.25) is 5.89 Å². The van der Waals surface area contributed by atoms with Crippen LogP contribution in [0.3, 0.4) is 0 Å². The Morgan fingerprint density at radius 3 is 1.69 bits per heavy atom. The predicted octanol–water partition coefficient (Wildman–Crippen LogP) is 12.9. The second kappa shape index (κ2) is 13.0. The number of aromatic nitrogens is 4. The lowest BCUT2D eigenvalue weighted by atomic mass is 9.71. The standard InChI is InChI=1S/C53H32N4O2/c1-4-16-33(17-5-1)49-55-50(57-52(56-49)53(36-20-8-3-9-21-36)42-26-12-10-22-38(42)39-23-11-13-27-43(39)53)40-25-15-28-45-47(40)41-32-35(30-31-44(41)58-45)37-24-14-29-46-48(37)54-51(59-46)34-18-6-2-7-19-34/h1-32H. The van der Waals surface area contributed by atoms with Gasteiger partial charge in [-0.1, -0.05) is 158 Å². The number of oxazole rings is 1. The summed E-state index contributed by atoms with van der Waals surface area (Å²) >= 11 is 0. The molecule has 0 spiro atoms. The maximum Gasteiger partial charge on any atom is 0.227 e. The fourth-order valence-electron chi connectivity index (χ4n) is 9.05. The van der Waals surface area contributed by atoms with E-state index >= 15 is 0 Å². The summed E-state index contributed by atoms with van der Waals surface area (Å²) in [7, 11) is 0. The van der Waals surface area contributed by atoms with Crippen molar-refractivity contribution in [2.24, 2.45) is 0 Å². The van der Waals surface area contributed by atoms with E-state index in [0.717, 1.165) is 77.5 Å². The number of furan rings is 1. The molecule has 1 aliphatic carbocycles. The Hall–Kier alpha value is -7.96. The summed E-state index contributed by atoms with van der Waals surface area (Å²) < 4.78 is 12.8. The minimum absolute atomic E-state index is 0.566. The summed E-state index contributed by atoms with van der Waals surface area (Å²) in [6, 6.07) is 66.6. The number of fused-ring (bicyclic) bond motifs is 7. The second-order valence-corrected chi connectivity index (χ2v) is 14.9. The van der Waals surface area contributed by atoms with Gasteiger partial charge in [-0.25, -0.2) is 19.9 Å². The number of benzene rings is 8. The molecule has 0 N–H and O–H groups in total. The molecule has 0 saturated heterocycles. The van der Waals surface area contributed by atoms with Crippen molar-refractivity contribution in [3.63, 3.8) is 0 Å². The first-order chi connectivity index (χ1) is 29.2. The topological polar surface area (TPSA) is 77.8 Å². The predicted molar refractivity (Wildman–Crippen MR) is 234 cm³/mol. The van der Waals surface area contributed by atoms with Crippen molar-refractivity contribution in [3.05, 3.63) is 217 Å². The van der Waals surface area contributed by atoms with Crippen LogP contribution in [0, 0.1) is 0 Å². The lowest BCUT2D eigenvalue weighted by Crippen LogP contribution is -2.31. The van der Waals surface area contributed by atoms with Crippen LogP contribution >= 0.6 is 0 Å². The summed E-state index contributed by atoms with van der Waals surface area (Å²) in [6.07, 6.45) is 0. The lowest BCUT2D eigenvalue weighted by molar-refractivity contribution is 0.620. The van der Waals surface area contributed by atoms with Crippen LogP contribution in [0.5, 0.6) is 0 Å². The molecule has 0 bridgehead atoms. The molecule has 6 heteroatoms. The van der Waals surface area contributed by atoms with Gasteiger partial charge in [-0.05, 0) is 69.8 Å². The van der Waals surface area contributed by atoms with Crippen LogP contribution in [0.15, 0.2) is 203 Å². The van der Waals surface area contributed by atoms with E-state index in [1.165, 1.54) is 11.1 Å². The third kappa shape index (κ3) is 5.06. The highest BCUT2D eigenvalue weighted by atomic mass is 16.3. The normalized spacial score (nSPS) is 12.9. The van der Waals surface area contributed by atoms with Crippen molar-refractivity contribution < 1.29 is 8.83 Å². The van der Waals surface area contributed by atoms with E-state index < -0.39 is 5.41 Å². The average Bonchev–Trinajstić information content (AvgIpc) is 4.01. The molecular weight excluding hydrogens is 725 g/mol. The first kappa shape index (κ1) is 33.2. The van der Waals surface area contributed by atoms with Crippen LogP contribution in [0.25, 0.3) is 89.5 Å². The third-order valence-electron chi connectivity index (χ3n) is 11.6. The molecule has 6 nitrogen and oxygen atoms in total. The maximum atomic E-state index is 6.58. The van der Waals surface area contributed by atoms with E-state index in [0.29, 0.717) is 23.4 Å². The number of nitrogens with zero attached hydrogens (tertiary/aromatic N) is 4. The Kier molecular flexibility index (Phi) is 7.34. The van der Waals surface area contributed by atoms with Crippen molar-refractivity contribution in [2.75, 3.05) is 0 Å². The van der Waals surface area contributed by atoms with E-state index in [-0.39, 0.29) is 0 Å². The monoisotopic (exact) mass is 756 g/mol. The number of hydrogen-bond donors (Lipinski definition) is 0. The molecule has 3 heterocycles. The Balaban J connectivity index is 1.11. The SMILES string of the molecule is c1ccc(-c2nc(-c3cccc4oc5ccc(-c6cccc7oc(-c8ccccc8)nc67)cc5c34)nc(C3(c4ccccc4)c4ccccc4-c4ccccc43)n2)cc1.